The first-order chi connectivity index (χ1) is 8.93. The molecular formula is C10H6ClN3O5. The van der Waals surface area contributed by atoms with Crippen LogP contribution in [0, 0.1) is 10.1 Å². The Hall–Kier alpha value is -2.48. The highest BCUT2D eigenvalue weighted by Crippen LogP contribution is 2.38. The third-order valence-corrected chi connectivity index (χ3v) is 2.77. The van der Waals surface area contributed by atoms with Gasteiger partial charge in [-0.3, -0.25) is 10.1 Å². The topological polar surface area (TPSA) is 122 Å². The van der Waals surface area contributed by atoms with Crippen LogP contribution in [0.3, 0.4) is 0 Å². The monoisotopic (exact) mass is 283 g/mol. The van der Waals surface area contributed by atoms with Gasteiger partial charge < -0.3 is 15.2 Å². The van der Waals surface area contributed by atoms with Crippen LogP contribution in [0.4, 0.5) is 17.1 Å². The Morgan fingerprint density at radius 1 is 1.58 bits per heavy atom. The van der Waals surface area contributed by atoms with Crippen molar-refractivity contribution in [2.24, 2.45) is 4.99 Å². The number of benzene rings is 1. The van der Waals surface area contributed by atoms with Crippen molar-refractivity contribution in [1.29, 1.82) is 0 Å². The quantitative estimate of drug-likeness (QED) is 0.491. The molecule has 0 radical (unpaired) electrons. The molecule has 1 unspecified atom stereocenters. The van der Waals surface area contributed by atoms with Crippen LogP contribution in [0.25, 0.3) is 0 Å². The predicted octanol–water partition coefficient (Wildman–Crippen LogP) is 1.40. The van der Waals surface area contributed by atoms with Crippen LogP contribution in [0.15, 0.2) is 17.1 Å². The summed E-state index contributed by atoms with van der Waals surface area (Å²) >= 11 is 5.70. The van der Waals surface area contributed by atoms with Crippen molar-refractivity contribution in [3.05, 3.63) is 27.3 Å². The minimum atomic E-state index is -1.36. The molecule has 8 nitrogen and oxygen atoms in total. The van der Waals surface area contributed by atoms with Crippen molar-refractivity contribution >= 4 is 46.6 Å². The number of carboxylic acids is 1. The molecule has 0 saturated heterocycles. The Morgan fingerprint density at radius 2 is 2.26 bits per heavy atom. The second-order valence-electron chi connectivity index (χ2n) is 3.64. The number of nitrogens with zero attached hydrogens (tertiary/aromatic N) is 2. The molecular weight excluding hydrogens is 278 g/mol. The smallest absolute Gasteiger partial charge is 0.352 e. The zero-order chi connectivity index (χ0) is 14.2. The molecule has 1 aliphatic heterocycles. The molecule has 0 fully saturated rings. The number of nitro benzene ring substituents is 1. The Bertz CT molecular complexity index is 628. The van der Waals surface area contributed by atoms with Gasteiger partial charge in [-0.2, -0.15) is 0 Å². The average Bonchev–Trinajstić information content (AvgIpc) is 2.35. The molecule has 98 valence electrons. The number of nitro groups is 1. The SMILES string of the molecule is O=CC1Nc2cc([N+](=O)[O-])c(Cl)cc2N=C1C(=O)O. The lowest BCUT2D eigenvalue weighted by Crippen LogP contribution is -2.38. The van der Waals surface area contributed by atoms with Crippen molar-refractivity contribution in [2.45, 2.75) is 6.04 Å². The van der Waals surface area contributed by atoms with Crippen LogP contribution in [0.1, 0.15) is 0 Å². The van der Waals surface area contributed by atoms with Gasteiger partial charge in [0.05, 0.1) is 16.3 Å². The lowest BCUT2D eigenvalue weighted by atomic mass is 10.1. The summed E-state index contributed by atoms with van der Waals surface area (Å²) in [4.78, 5) is 35.5. The van der Waals surface area contributed by atoms with E-state index in [0.29, 0.717) is 6.29 Å². The third-order valence-electron chi connectivity index (χ3n) is 2.46. The number of hydrogen-bond acceptors (Lipinski definition) is 6. The molecule has 1 atom stereocenters. The highest BCUT2D eigenvalue weighted by Gasteiger charge is 2.29. The molecule has 1 heterocycles. The largest absolute Gasteiger partial charge is 0.477 e. The number of carboxylic acid groups (broad SMARTS) is 1. The zero-order valence-corrected chi connectivity index (χ0v) is 9.92. The summed E-state index contributed by atoms with van der Waals surface area (Å²) in [5.41, 5.74) is -0.441. The van der Waals surface area contributed by atoms with Crippen LogP contribution in [-0.4, -0.2) is 34.0 Å². The number of aliphatic carboxylic acids is 1. The molecule has 0 aliphatic carbocycles. The van der Waals surface area contributed by atoms with Crippen LogP contribution in [0.2, 0.25) is 5.02 Å². The first kappa shape index (κ1) is 13.0. The van der Waals surface area contributed by atoms with E-state index in [1.807, 2.05) is 0 Å². The normalized spacial score (nSPS) is 16.9. The molecule has 2 N–H and O–H groups in total. The lowest BCUT2D eigenvalue weighted by Gasteiger charge is -2.20. The fourth-order valence-electron chi connectivity index (χ4n) is 1.61. The van der Waals surface area contributed by atoms with E-state index in [0.717, 1.165) is 6.07 Å². The standard InChI is InChI=1S/C10H6ClN3O5/c11-4-1-5-6(2-8(4)14(18)19)12-7(3-15)9(13-5)10(16)17/h1-3,7,12H,(H,16,17). The summed E-state index contributed by atoms with van der Waals surface area (Å²) in [5.74, 6) is -1.36. The van der Waals surface area contributed by atoms with Crippen LogP contribution < -0.4 is 5.32 Å². The molecule has 0 bridgehead atoms. The first-order valence-electron chi connectivity index (χ1n) is 4.95. The Morgan fingerprint density at radius 3 is 2.79 bits per heavy atom. The van der Waals surface area contributed by atoms with Gasteiger partial charge in [0.2, 0.25) is 0 Å². The van der Waals surface area contributed by atoms with Crippen molar-refractivity contribution in [2.75, 3.05) is 5.32 Å². The van der Waals surface area contributed by atoms with Crippen LogP contribution in [-0.2, 0) is 9.59 Å². The summed E-state index contributed by atoms with van der Waals surface area (Å²) in [6, 6.07) is 1.12. The van der Waals surface area contributed by atoms with E-state index in [9.17, 15) is 19.7 Å². The van der Waals surface area contributed by atoms with Gasteiger partial charge in [0.25, 0.3) is 5.69 Å². The molecule has 0 amide bonds. The second-order valence-corrected chi connectivity index (χ2v) is 4.05. The molecule has 2 rings (SSSR count). The van der Waals surface area contributed by atoms with Gasteiger partial charge in [-0.05, 0) is 6.07 Å². The van der Waals surface area contributed by atoms with Gasteiger partial charge in [-0.1, -0.05) is 11.6 Å². The second kappa shape index (κ2) is 4.65. The molecule has 1 aliphatic rings. The lowest BCUT2D eigenvalue weighted by molar-refractivity contribution is -0.384. The summed E-state index contributed by atoms with van der Waals surface area (Å²) in [7, 11) is 0. The van der Waals surface area contributed by atoms with Gasteiger partial charge in [0, 0.05) is 6.07 Å². The number of carbonyl (C=O) groups is 2. The minimum Gasteiger partial charge on any atom is -0.477 e. The van der Waals surface area contributed by atoms with Gasteiger partial charge in [-0.15, -0.1) is 0 Å². The molecule has 9 heteroatoms. The highest BCUT2D eigenvalue weighted by molar-refractivity contribution is 6.42. The molecule has 0 aromatic heterocycles. The van der Waals surface area contributed by atoms with Gasteiger partial charge in [0.1, 0.15) is 17.4 Å². The van der Waals surface area contributed by atoms with Crippen molar-refractivity contribution in [3.8, 4) is 0 Å². The van der Waals surface area contributed by atoms with E-state index in [1.54, 1.807) is 0 Å². The van der Waals surface area contributed by atoms with Gasteiger partial charge >= 0.3 is 5.97 Å². The Kier molecular flexibility index (Phi) is 3.17. The molecule has 0 saturated carbocycles. The molecule has 19 heavy (non-hydrogen) atoms. The number of aldehydes is 1. The number of hydrogen-bond donors (Lipinski definition) is 2. The maximum atomic E-state index is 10.9. The van der Waals surface area contributed by atoms with Crippen molar-refractivity contribution in [3.63, 3.8) is 0 Å². The van der Waals surface area contributed by atoms with Gasteiger partial charge in [0.15, 0.2) is 5.71 Å². The Balaban J connectivity index is 2.59. The molecule has 1 aromatic rings. The molecule has 0 spiro atoms. The third kappa shape index (κ3) is 2.25. The van der Waals surface area contributed by atoms with Crippen LogP contribution in [0.5, 0.6) is 0 Å². The number of fused-ring (bicyclic) bond motifs is 1. The molecule has 1 aromatic carbocycles. The number of nitrogens with one attached hydrogen (secondary N) is 1. The number of rotatable bonds is 3. The highest BCUT2D eigenvalue weighted by atomic mass is 35.5. The zero-order valence-electron chi connectivity index (χ0n) is 9.16. The first-order valence-corrected chi connectivity index (χ1v) is 5.33. The maximum Gasteiger partial charge on any atom is 0.352 e. The summed E-state index contributed by atoms with van der Waals surface area (Å²) in [6.07, 6.45) is 0.357. The van der Waals surface area contributed by atoms with E-state index < -0.39 is 22.6 Å². The van der Waals surface area contributed by atoms with E-state index in [1.165, 1.54) is 6.07 Å². The maximum absolute atomic E-state index is 10.9. The summed E-state index contributed by atoms with van der Waals surface area (Å²) in [5, 5.41) is 22.0. The minimum absolute atomic E-state index is 0.131. The van der Waals surface area contributed by atoms with Gasteiger partial charge in [-0.25, -0.2) is 9.79 Å². The number of halogens is 1. The number of anilines is 1. The van der Waals surface area contributed by atoms with E-state index >= 15 is 0 Å². The fraction of sp³-hybridized carbons (Fsp3) is 0.100. The Labute approximate surface area is 110 Å². The average molecular weight is 284 g/mol. The van der Waals surface area contributed by atoms with Crippen molar-refractivity contribution in [1.82, 2.24) is 0 Å². The summed E-state index contributed by atoms with van der Waals surface area (Å²) < 4.78 is 0. The predicted molar refractivity (Wildman–Crippen MR) is 66.3 cm³/mol. The van der Waals surface area contributed by atoms with E-state index in [2.05, 4.69) is 10.3 Å². The summed E-state index contributed by atoms with van der Waals surface area (Å²) in [6.45, 7) is 0. The fourth-order valence-corrected chi connectivity index (χ4v) is 1.84. The van der Waals surface area contributed by atoms with Crippen LogP contribution >= 0.6 is 11.6 Å². The van der Waals surface area contributed by atoms with Crippen molar-refractivity contribution < 1.29 is 19.6 Å². The number of aliphatic imine (C=N–C) groups is 1. The number of carbonyl (C=O) groups excluding carboxylic acids is 1. The van der Waals surface area contributed by atoms with E-state index in [-0.39, 0.29) is 22.1 Å². The van der Waals surface area contributed by atoms with E-state index in [4.69, 9.17) is 16.7 Å².